The fourth-order valence-corrected chi connectivity index (χ4v) is 0.516. The molecule has 48 valence electrons. The van der Waals surface area contributed by atoms with Gasteiger partial charge < -0.3 is 10.1 Å². The number of morpholine rings is 1. The van der Waals surface area contributed by atoms with Crippen molar-refractivity contribution in [3.8, 4) is 0 Å². The number of nitrogens with one attached hydrogen (secondary N) is 1. The van der Waals surface area contributed by atoms with Crippen molar-refractivity contribution < 1.29 is 9.30 Å². The average molecular weight is 136 g/mol. The van der Waals surface area contributed by atoms with Crippen molar-refractivity contribution in [3.05, 3.63) is 0 Å². The van der Waals surface area contributed by atoms with E-state index in [-0.39, 0.29) is 0 Å². The average Bonchev–Trinajstić information content (AvgIpc) is 1.96. The summed E-state index contributed by atoms with van der Waals surface area (Å²) >= 11 is 0. The van der Waals surface area contributed by atoms with E-state index >= 15 is 0 Å². The molecule has 0 radical (unpaired) electrons. The summed E-state index contributed by atoms with van der Waals surface area (Å²) in [6.07, 6.45) is 0. The van der Waals surface area contributed by atoms with Gasteiger partial charge in [-0.15, -0.1) is 0 Å². The molecular weight excluding hydrogens is 125 g/mol. The molecule has 1 aliphatic rings. The topological polar surface area (TPSA) is 38.3 Å². The van der Waals surface area contributed by atoms with E-state index in [1.807, 2.05) is 0 Å². The van der Waals surface area contributed by atoms with Gasteiger partial charge in [-0.05, 0) is 0 Å². The number of hydrogen-bond acceptors (Lipinski definition) is 3. The SMILES string of the molecule is C1COCCN1.O=[PH2+]. The zero-order valence-electron chi connectivity index (χ0n) is 4.72. The second-order valence-electron chi connectivity index (χ2n) is 1.36. The van der Waals surface area contributed by atoms with Crippen molar-refractivity contribution in [2.75, 3.05) is 26.3 Å². The van der Waals surface area contributed by atoms with Crippen LogP contribution in [0.25, 0.3) is 0 Å². The molecule has 0 aromatic carbocycles. The molecular formula is C4H11NO2P+. The van der Waals surface area contributed by atoms with Crippen LogP contribution < -0.4 is 5.32 Å². The lowest BCUT2D eigenvalue weighted by Crippen LogP contribution is -2.30. The normalized spacial score (nSPS) is 18.5. The van der Waals surface area contributed by atoms with E-state index in [2.05, 4.69) is 5.32 Å². The Morgan fingerprint density at radius 2 is 1.75 bits per heavy atom. The maximum Gasteiger partial charge on any atom is 0.310 e. The van der Waals surface area contributed by atoms with E-state index in [9.17, 15) is 0 Å². The first-order valence-electron chi connectivity index (χ1n) is 2.52. The summed E-state index contributed by atoms with van der Waals surface area (Å²) in [5.41, 5.74) is 0. The Bertz CT molecular complexity index is 37.8. The quantitative estimate of drug-likeness (QED) is 0.469. The van der Waals surface area contributed by atoms with Gasteiger partial charge in [-0.25, -0.2) is 0 Å². The van der Waals surface area contributed by atoms with Gasteiger partial charge in [0.05, 0.1) is 13.2 Å². The highest BCUT2D eigenvalue weighted by Gasteiger charge is 1.92. The Balaban J connectivity index is 0.000000222. The van der Waals surface area contributed by atoms with Gasteiger partial charge in [0.2, 0.25) is 0 Å². The second-order valence-corrected chi connectivity index (χ2v) is 1.36. The fraction of sp³-hybridized carbons (Fsp3) is 1.00. The van der Waals surface area contributed by atoms with Crippen LogP contribution in [0.4, 0.5) is 0 Å². The Hall–Kier alpha value is 0.0200. The van der Waals surface area contributed by atoms with Crippen molar-refractivity contribution in [2.24, 2.45) is 0 Å². The van der Waals surface area contributed by atoms with E-state index in [0.717, 1.165) is 26.3 Å². The monoisotopic (exact) mass is 136 g/mol. The highest BCUT2D eigenvalue weighted by molar-refractivity contribution is 7.00. The minimum atomic E-state index is 0.889. The van der Waals surface area contributed by atoms with E-state index in [1.165, 1.54) is 9.12 Å². The first-order valence-corrected chi connectivity index (χ1v) is 2.99. The molecule has 1 saturated heterocycles. The zero-order valence-corrected chi connectivity index (χ0v) is 5.88. The summed E-state index contributed by atoms with van der Waals surface area (Å²) in [5.74, 6) is 0. The summed E-state index contributed by atoms with van der Waals surface area (Å²) in [6.45, 7) is 3.83. The standard InChI is InChI=1S/C4H9NO.H2OP/c1-3-6-4-2-5-1;1-2/h5H,1-4H2;2H2/q;+1. The molecule has 1 heterocycles. The minimum Gasteiger partial charge on any atom is -0.379 e. The van der Waals surface area contributed by atoms with Crippen LogP contribution in [0.1, 0.15) is 0 Å². The Labute approximate surface area is 51.0 Å². The lowest BCUT2D eigenvalue weighted by molar-refractivity contribution is 0.109. The van der Waals surface area contributed by atoms with E-state index < -0.39 is 0 Å². The molecule has 1 rings (SSSR count). The molecule has 0 aliphatic carbocycles. The van der Waals surface area contributed by atoms with Gasteiger partial charge in [-0.2, -0.15) is 0 Å². The van der Waals surface area contributed by atoms with Crippen LogP contribution in [0.5, 0.6) is 0 Å². The number of rotatable bonds is 0. The number of ether oxygens (including phenoxy) is 1. The zero-order chi connectivity index (χ0) is 6.24. The molecule has 1 unspecified atom stereocenters. The van der Waals surface area contributed by atoms with Gasteiger partial charge in [0, 0.05) is 13.1 Å². The van der Waals surface area contributed by atoms with Gasteiger partial charge in [0.25, 0.3) is 0 Å². The third-order valence-corrected chi connectivity index (χ3v) is 0.846. The third kappa shape index (κ3) is 4.19. The molecule has 0 saturated carbocycles. The molecule has 1 atom stereocenters. The maximum absolute atomic E-state index is 8.17. The van der Waals surface area contributed by atoms with Gasteiger partial charge >= 0.3 is 9.12 Å². The van der Waals surface area contributed by atoms with Crippen LogP contribution >= 0.6 is 9.12 Å². The van der Waals surface area contributed by atoms with Gasteiger partial charge in [0.1, 0.15) is 0 Å². The predicted molar refractivity (Wildman–Crippen MR) is 34.1 cm³/mol. The molecule has 0 aromatic rings. The summed E-state index contributed by atoms with van der Waals surface area (Å²) in [5, 5.41) is 3.16. The highest BCUT2D eigenvalue weighted by Crippen LogP contribution is 1.76. The first-order chi connectivity index (χ1) is 4.00. The molecule has 1 fully saturated rings. The Morgan fingerprint density at radius 3 is 1.88 bits per heavy atom. The summed E-state index contributed by atoms with van der Waals surface area (Å²) in [6, 6.07) is 0. The van der Waals surface area contributed by atoms with Crippen molar-refractivity contribution >= 4 is 9.12 Å². The molecule has 1 aliphatic heterocycles. The number of hydrogen-bond donors (Lipinski definition) is 1. The van der Waals surface area contributed by atoms with Crippen molar-refractivity contribution in [3.63, 3.8) is 0 Å². The third-order valence-electron chi connectivity index (χ3n) is 0.846. The highest BCUT2D eigenvalue weighted by atomic mass is 31.0. The summed E-state index contributed by atoms with van der Waals surface area (Å²) < 4.78 is 13.2. The van der Waals surface area contributed by atoms with E-state index in [1.54, 1.807) is 0 Å². The predicted octanol–water partition coefficient (Wildman–Crippen LogP) is -0.187. The van der Waals surface area contributed by atoms with Crippen LogP contribution in [-0.4, -0.2) is 26.3 Å². The fourth-order valence-electron chi connectivity index (χ4n) is 0.516. The van der Waals surface area contributed by atoms with Crippen LogP contribution in [0.15, 0.2) is 0 Å². The van der Waals surface area contributed by atoms with Crippen LogP contribution in [0.3, 0.4) is 0 Å². The largest absolute Gasteiger partial charge is 0.379 e. The van der Waals surface area contributed by atoms with Crippen LogP contribution in [-0.2, 0) is 9.30 Å². The maximum atomic E-state index is 8.17. The van der Waals surface area contributed by atoms with E-state index in [4.69, 9.17) is 9.30 Å². The molecule has 0 spiro atoms. The Kier molecular flexibility index (Phi) is 7.04. The van der Waals surface area contributed by atoms with Gasteiger partial charge in [-0.1, -0.05) is 4.57 Å². The van der Waals surface area contributed by atoms with Crippen molar-refractivity contribution in [1.29, 1.82) is 0 Å². The first kappa shape index (κ1) is 8.02. The summed E-state index contributed by atoms with van der Waals surface area (Å²) in [4.78, 5) is 0. The lowest BCUT2D eigenvalue weighted by Gasteiger charge is -2.10. The van der Waals surface area contributed by atoms with Crippen molar-refractivity contribution in [1.82, 2.24) is 5.32 Å². The molecule has 4 heteroatoms. The van der Waals surface area contributed by atoms with E-state index in [0.29, 0.717) is 0 Å². The molecule has 3 nitrogen and oxygen atoms in total. The van der Waals surface area contributed by atoms with Gasteiger partial charge in [0.15, 0.2) is 0 Å². The molecule has 0 amide bonds. The molecule has 0 aromatic heterocycles. The molecule has 0 bridgehead atoms. The molecule has 1 N–H and O–H groups in total. The second kappa shape index (κ2) is 7.02. The lowest BCUT2D eigenvalue weighted by atomic mass is 10.5. The van der Waals surface area contributed by atoms with Crippen LogP contribution in [0.2, 0.25) is 0 Å². The Morgan fingerprint density at radius 1 is 1.25 bits per heavy atom. The summed E-state index contributed by atoms with van der Waals surface area (Å²) in [7, 11) is 1.17. The van der Waals surface area contributed by atoms with Crippen molar-refractivity contribution in [2.45, 2.75) is 0 Å². The molecule has 8 heavy (non-hydrogen) atoms. The smallest absolute Gasteiger partial charge is 0.310 e. The minimum absolute atomic E-state index is 0.889. The van der Waals surface area contributed by atoms with Crippen LogP contribution in [0, 0.1) is 0 Å². The van der Waals surface area contributed by atoms with Gasteiger partial charge in [-0.3, -0.25) is 0 Å².